The monoisotopic (exact) mass is 378 g/mol. The average Bonchev–Trinajstić information content (AvgIpc) is 3.11. The highest BCUT2D eigenvalue weighted by molar-refractivity contribution is 8.00. The Morgan fingerprint density at radius 3 is 2.70 bits per heavy atom. The third-order valence-electron chi connectivity index (χ3n) is 3.93. The molecule has 0 radical (unpaired) electrons. The largest absolute Gasteiger partial charge is 0.324 e. The molecule has 0 aliphatic carbocycles. The Balaban J connectivity index is 1.76. The lowest BCUT2D eigenvalue weighted by Crippen LogP contribution is -2.23. The van der Waals surface area contributed by atoms with Crippen LogP contribution in [0.1, 0.15) is 19.4 Å². The molecule has 136 valence electrons. The number of hydrogen-bond donors (Lipinski definition) is 1. The Hall–Kier alpha value is -3.18. The van der Waals surface area contributed by atoms with Crippen molar-refractivity contribution in [1.82, 2.24) is 19.7 Å². The minimum absolute atomic E-state index is 0.196. The number of amides is 1. The van der Waals surface area contributed by atoms with Crippen LogP contribution in [0.15, 0.2) is 53.9 Å². The Morgan fingerprint density at radius 2 is 2.00 bits per heavy atom. The maximum absolute atomic E-state index is 12.6. The van der Waals surface area contributed by atoms with E-state index in [1.807, 2.05) is 23.6 Å². The minimum atomic E-state index is -0.406. The highest BCUT2D eigenvalue weighted by Gasteiger charge is 2.21. The van der Waals surface area contributed by atoms with Gasteiger partial charge in [-0.05, 0) is 38.1 Å². The van der Waals surface area contributed by atoms with Crippen LogP contribution in [0.5, 0.6) is 0 Å². The number of benzene rings is 1. The number of anilines is 1. The number of carbonyl (C=O) groups excluding carboxylic acids is 1. The van der Waals surface area contributed by atoms with Crippen molar-refractivity contribution < 1.29 is 4.79 Å². The van der Waals surface area contributed by atoms with E-state index in [0.717, 1.165) is 11.4 Å². The van der Waals surface area contributed by atoms with Crippen LogP contribution in [0.4, 0.5) is 5.69 Å². The highest BCUT2D eigenvalue weighted by atomic mass is 32.2. The predicted molar refractivity (Wildman–Crippen MR) is 104 cm³/mol. The molecular weight excluding hydrogens is 360 g/mol. The normalized spacial score (nSPS) is 11.6. The smallest absolute Gasteiger partial charge is 0.237 e. The summed E-state index contributed by atoms with van der Waals surface area (Å²) in [4.78, 5) is 16.6. The standard InChI is InChI=1S/C19H18N6OS/c1-3-25-17(14-8-10-21-11-9-14)23-24-19(25)27-13(2)18(26)22-16-7-5-4-6-15(16)12-20/h4-11,13H,3H2,1-2H3,(H,22,26). The van der Waals surface area contributed by atoms with Crippen molar-refractivity contribution >= 4 is 23.4 Å². The number of thioether (sulfide) groups is 1. The molecule has 8 heteroatoms. The van der Waals surface area contributed by atoms with Gasteiger partial charge in [-0.25, -0.2) is 0 Å². The van der Waals surface area contributed by atoms with E-state index in [2.05, 4.69) is 26.6 Å². The van der Waals surface area contributed by atoms with Gasteiger partial charge in [0.15, 0.2) is 11.0 Å². The predicted octanol–water partition coefficient (Wildman–Crippen LogP) is 3.35. The molecule has 1 aromatic carbocycles. The van der Waals surface area contributed by atoms with Gasteiger partial charge in [-0.1, -0.05) is 23.9 Å². The van der Waals surface area contributed by atoms with Crippen LogP contribution in [0.25, 0.3) is 11.4 Å². The van der Waals surface area contributed by atoms with Crippen molar-refractivity contribution in [2.24, 2.45) is 0 Å². The molecule has 3 rings (SSSR count). The van der Waals surface area contributed by atoms with E-state index in [1.165, 1.54) is 11.8 Å². The van der Waals surface area contributed by atoms with Gasteiger partial charge < -0.3 is 9.88 Å². The van der Waals surface area contributed by atoms with Crippen molar-refractivity contribution in [1.29, 1.82) is 5.26 Å². The number of nitriles is 1. The van der Waals surface area contributed by atoms with E-state index >= 15 is 0 Å². The first-order valence-electron chi connectivity index (χ1n) is 8.44. The van der Waals surface area contributed by atoms with Crippen LogP contribution in [0, 0.1) is 11.3 Å². The van der Waals surface area contributed by atoms with E-state index in [-0.39, 0.29) is 5.91 Å². The number of nitrogens with one attached hydrogen (secondary N) is 1. The molecule has 0 spiro atoms. The first-order valence-corrected chi connectivity index (χ1v) is 9.32. The van der Waals surface area contributed by atoms with Crippen molar-refractivity contribution in [3.8, 4) is 17.5 Å². The van der Waals surface area contributed by atoms with Crippen LogP contribution in [0.3, 0.4) is 0 Å². The van der Waals surface area contributed by atoms with Crippen molar-refractivity contribution in [2.75, 3.05) is 5.32 Å². The number of pyridine rings is 1. The molecule has 1 amide bonds. The zero-order valence-corrected chi connectivity index (χ0v) is 15.8. The Kier molecular flexibility index (Phi) is 5.84. The molecule has 7 nitrogen and oxygen atoms in total. The fraction of sp³-hybridized carbons (Fsp3) is 0.211. The van der Waals surface area contributed by atoms with E-state index in [4.69, 9.17) is 5.26 Å². The van der Waals surface area contributed by atoms with E-state index in [9.17, 15) is 4.79 Å². The third-order valence-corrected chi connectivity index (χ3v) is 5.01. The summed E-state index contributed by atoms with van der Waals surface area (Å²) in [5.74, 6) is 0.545. The maximum Gasteiger partial charge on any atom is 0.237 e. The van der Waals surface area contributed by atoms with Crippen molar-refractivity contribution in [3.05, 3.63) is 54.4 Å². The third kappa shape index (κ3) is 4.15. The van der Waals surface area contributed by atoms with E-state index in [1.54, 1.807) is 43.6 Å². The number of rotatable bonds is 6. The van der Waals surface area contributed by atoms with E-state index < -0.39 is 5.25 Å². The molecule has 2 heterocycles. The Labute approximate surface area is 161 Å². The van der Waals surface area contributed by atoms with Crippen LogP contribution < -0.4 is 5.32 Å². The summed E-state index contributed by atoms with van der Waals surface area (Å²) in [6, 6.07) is 12.7. The zero-order valence-electron chi connectivity index (χ0n) is 15.0. The topological polar surface area (TPSA) is 96.5 Å². The second kappa shape index (κ2) is 8.47. The number of aromatic nitrogens is 4. The van der Waals surface area contributed by atoms with Gasteiger partial charge in [0.25, 0.3) is 0 Å². The molecule has 1 atom stereocenters. The summed E-state index contributed by atoms with van der Waals surface area (Å²) in [5.41, 5.74) is 1.86. The van der Waals surface area contributed by atoms with Crippen LogP contribution >= 0.6 is 11.8 Å². The van der Waals surface area contributed by atoms with Gasteiger partial charge in [-0.3, -0.25) is 9.78 Å². The van der Waals surface area contributed by atoms with Gasteiger partial charge in [-0.15, -0.1) is 10.2 Å². The molecule has 0 fully saturated rings. The summed E-state index contributed by atoms with van der Waals surface area (Å²) in [6.07, 6.45) is 3.42. The lowest BCUT2D eigenvalue weighted by atomic mass is 10.2. The maximum atomic E-state index is 12.6. The van der Waals surface area contributed by atoms with Gasteiger partial charge >= 0.3 is 0 Å². The lowest BCUT2D eigenvalue weighted by molar-refractivity contribution is -0.115. The van der Waals surface area contributed by atoms with Crippen molar-refractivity contribution in [3.63, 3.8) is 0 Å². The van der Waals surface area contributed by atoms with Gasteiger partial charge in [-0.2, -0.15) is 5.26 Å². The second-order valence-electron chi connectivity index (χ2n) is 5.69. The van der Waals surface area contributed by atoms with Gasteiger partial charge in [0.05, 0.1) is 16.5 Å². The molecule has 0 bridgehead atoms. The summed E-state index contributed by atoms with van der Waals surface area (Å²) in [5, 5.41) is 20.7. The van der Waals surface area contributed by atoms with Gasteiger partial charge in [0.1, 0.15) is 6.07 Å². The summed E-state index contributed by atoms with van der Waals surface area (Å²) < 4.78 is 1.97. The Bertz CT molecular complexity index is 979. The number of nitrogens with zero attached hydrogens (tertiary/aromatic N) is 5. The first kappa shape index (κ1) is 18.6. The molecule has 1 N–H and O–H groups in total. The quantitative estimate of drug-likeness (QED) is 0.661. The van der Waals surface area contributed by atoms with Crippen LogP contribution in [0.2, 0.25) is 0 Å². The fourth-order valence-electron chi connectivity index (χ4n) is 2.51. The minimum Gasteiger partial charge on any atom is -0.324 e. The summed E-state index contributed by atoms with van der Waals surface area (Å²) in [6.45, 7) is 4.49. The van der Waals surface area contributed by atoms with Crippen LogP contribution in [-0.4, -0.2) is 30.9 Å². The zero-order chi connectivity index (χ0) is 19.2. The molecule has 3 aromatic rings. The SMILES string of the molecule is CCn1c(SC(C)C(=O)Nc2ccccc2C#N)nnc1-c1ccncc1. The molecular formula is C19H18N6OS. The van der Waals surface area contributed by atoms with Gasteiger partial charge in [0.2, 0.25) is 5.91 Å². The number of carbonyl (C=O) groups is 1. The summed E-state index contributed by atoms with van der Waals surface area (Å²) in [7, 11) is 0. The first-order chi connectivity index (χ1) is 13.1. The second-order valence-corrected chi connectivity index (χ2v) is 7.00. The average molecular weight is 378 g/mol. The highest BCUT2D eigenvalue weighted by Crippen LogP contribution is 2.27. The van der Waals surface area contributed by atoms with Gasteiger partial charge in [0, 0.05) is 24.5 Å². The van der Waals surface area contributed by atoms with Crippen molar-refractivity contribution in [2.45, 2.75) is 30.8 Å². The Morgan fingerprint density at radius 1 is 1.26 bits per heavy atom. The van der Waals surface area contributed by atoms with Crippen LogP contribution in [-0.2, 0) is 11.3 Å². The molecule has 2 aromatic heterocycles. The lowest BCUT2D eigenvalue weighted by Gasteiger charge is -2.13. The molecule has 0 saturated heterocycles. The van der Waals surface area contributed by atoms with E-state index in [0.29, 0.717) is 23.0 Å². The fourth-order valence-corrected chi connectivity index (χ4v) is 3.42. The molecule has 27 heavy (non-hydrogen) atoms. The number of para-hydroxylation sites is 1. The molecule has 0 aliphatic rings. The molecule has 0 aliphatic heterocycles. The molecule has 1 unspecified atom stereocenters. The molecule has 0 saturated carbocycles. The number of hydrogen-bond acceptors (Lipinski definition) is 6. The summed E-state index contributed by atoms with van der Waals surface area (Å²) >= 11 is 1.33.